The second-order valence-corrected chi connectivity index (χ2v) is 7.04. The van der Waals surface area contributed by atoms with Crippen LogP contribution in [0.3, 0.4) is 0 Å². The average molecular weight is 388 g/mol. The van der Waals surface area contributed by atoms with E-state index in [2.05, 4.69) is 10.00 Å². The molecule has 1 aliphatic heterocycles. The zero-order valence-corrected chi connectivity index (χ0v) is 15.0. The number of carbonyl (C=O) groups excluding carboxylic acids is 1. The number of methoxy groups -OCH3 is 1. The van der Waals surface area contributed by atoms with Gasteiger partial charge in [0.1, 0.15) is 11.4 Å². The van der Waals surface area contributed by atoms with Crippen molar-refractivity contribution in [2.24, 2.45) is 0 Å². The Kier molecular flexibility index (Phi) is 5.64. The molecule has 6 nitrogen and oxygen atoms in total. The van der Waals surface area contributed by atoms with E-state index in [1.165, 1.54) is 0 Å². The number of alkyl halides is 3. The number of H-pyrrole nitrogens is 1. The highest BCUT2D eigenvalue weighted by molar-refractivity contribution is 7.17. The summed E-state index contributed by atoms with van der Waals surface area (Å²) >= 11 is 1.15. The number of thiophene rings is 1. The first kappa shape index (κ1) is 18.9. The number of hydrogen-bond acceptors (Lipinski definition) is 5. The van der Waals surface area contributed by atoms with Gasteiger partial charge in [0, 0.05) is 39.8 Å². The molecule has 0 aromatic carbocycles. The smallest absolute Gasteiger partial charge is 0.383 e. The molecule has 0 unspecified atom stereocenters. The monoisotopic (exact) mass is 388 g/mol. The van der Waals surface area contributed by atoms with Crippen LogP contribution in [0.4, 0.5) is 13.2 Å². The summed E-state index contributed by atoms with van der Waals surface area (Å²) in [4.78, 5) is 17.6. The van der Waals surface area contributed by atoms with Crippen LogP contribution in [0.15, 0.2) is 18.2 Å². The van der Waals surface area contributed by atoms with Crippen molar-refractivity contribution in [1.82, 2.24) is 20.0 Å². The molecule has 0 radical (unpaired) electrons. The third-order valence-corrected chi connectivity index (χ3v) is 5.32. The third-order valence-electron chi connectivity index (χ3n) is 4.22. The fraction of sp³-hybridized carbons (Fsp3) is 0.500. The highest BCUT2D eigenvalue weighted by Gasteiger charge is 2.33. The Hall–Kier alpha value is -1.91. The van der Waals surface area contributed by atoms with E-state index in [0.29, 0.717) is 29.5 Å². The normalized spacial score (nSPS) is 16.2. The molecule has 1 saturated heterocycles. The maximum atomic E-state index is 12.7. The van der Waals surface area contributed by atoms with Crippen LogP contribution in [-0.4, -0.2) is 72.3 Å². The summed E-state index contributed by atoms with van der Waals surface area (Å²) < 4.78 is 43.0. The van der Waals surface area contributed by atoms with E-state index in [-0.39, 0.29) is 11.6 Å². The van der Waals surface area contributed by atoms with Gasteiger partial charge in [-0.1, -0.05) is 0 Å². The third kappa shape index (κ3) is 4.25. The van der Waals surface area contributed by atoms with Gasteiger partial charge in [0.15, 0.2) is 0 Å². The lowest BCUT2D eigenvalue weighted by Crippen LogP contribution is -2.49. The van der Waals surface area contributed by atoms with Gasteiger partial charge in [-0.05, 0) is 18.2 Å². The van der Waals surface area contributed by atoms with Gasteiger partial charge in [0.2, 0.25) is 0 Å². The molecule has 0 atom stereocenters. The summed E-state index contributed by atoms with van der Waals surface area (Å²) in [5.41, 5.74) is -0.716. The van der Waals surface area contributed by atoms with Crippen LogP contribution in [0.2, 0.25) is 0 Å². The molecule has 1 N–H and O–H groups in total. The average Bonchev–Trinajstić information content (AvgIpc) is 3.28. The predicted molar refractivity (Wildman–Crippen MR) is 91.1 cm³/mol. The van der Waals surface area contributed by atoms with Gasteiger partial charge in [-0.15, -0.1) is 11.3 Å². The number of aromatic amines is 1. The highest BCUT2D eigenvalue weighted by Crippen LogP contribution is 2.33. The number of hydrogen-bond donors (Lipinski definition) is 1. The van der Waals surface area contributed by atoms with Crippen molar-refractivity contribution < 1.29 is 22.7 Å². The minimum absolute atomic E-state index is 0.0979. The Labute approximate surface area is 152 Å². The minimum Gasteiger partial charge on any atom is -0.383 e. The second kappa shape index (κ2) is 7.77. The minimum atomic E-state index is -4.47. The maximum Gasteiger partial charge on any atom is 0.432 e. The summed E-state index contributed by atoms with van der Waals surface area (Å²) in [6, 6.07) is 4.22. The number of carbonyl (C=O) groups is 1. The zero-order chi connectivity index (χ0) is 18.7. The van der Waals surface area contributed by atoms with E-state index in [1.807, 2.05) is 5.10 Å². The number of nitrogens with one attached hydrogen (secondary N) is 1. The Bertz CT molecular complexity index is 751. The van der Waals surface area contributed by atoms with Crippen LogP contribution in [0.25, 0.3) is 10.6 Å². The molecular weight excluding hydrogens is 369 g/mol. The van der Waals surface area contributed by atoms with Crippen molar-refractivity contribution in [2.75, 3.05) is 46.4 Å². The molecule has 26 heavy (non-hydrogen) atoms. The summed E-state index contributed by atoms with van der Waals surface area (Å²) in [5.74, 6) is -0.0979. The fourth-order valence-electron chi connectivity index (χ4n) is 2.73. The van der Waals surface area contributed by atoms with Crippen LogP contribution in [0.5, 0.6) is 0 Å². The van der Waals surface area contributed by atoms with Crippen molar-refractivity contribution in [3.8, 4) is 10.6 Å². The standard InChI is InChI=1S/C16H19F3N4O2S/c1-25-9-8-22-4-6-23(7-5-22)15(24)13-3-2-12(26-13)11-10-14(21-20-11)16(17,18)19/h2-3,10H,4-9H2,1H3,(H,20,21). The molecule has 142 valence electrons. The van der Waals surface area contributed by atoms with Gasteiger partial charge in [-0.3, -0.25) is 14.8 Å². The van der Waals surface area contributed by atoms with Gasteiger partial charge in [0.25, 0.3) is 5.91 Å². The summed E-state index contributed by atoms with van der Waals surface area (Å²) in [6.45, 7) is 4.30. The Morgan fingerprint density at radius 3 is 2.65 bits per heavy atom. The first-order valence-electron chi connectivity index (χ1n) is 8.12. The van der Waals surface area contributed by atoms with Gasteiger partial charge in [0.05, 0.1) is 16.4 Å². The molecule has 0 bridgehead atoms. The molecule has 2 aromatic rings. The molecule has 0 saturated carbocycles. The lowest BCUT2D eigenvalue weighted by Gasteiger charge is -2.34. The highest BCUT2D eigenvalue weighted by atomic mass is 32.1. The number of aromatic nitrogens is 2. The predicted octanol–water partition coefficient (Wildman–Crippen LogP) is 2.56. The number of ether oxygens (including phenoxy) is 1. The fourth-order valence-corrected chi connectivity index (χ4v) is 3.67. The molecule has 3 heterocycles. The van der Waals surface area contributed by atoms with E-state index in [9.17, 15) is 18.0 Å². The van der Waals surface area contributed by atoms with Gasteiger partial charge in [-0.25, -0.2) is 0 Å². The van der Waals surface area contributed by atoms with E-state index < -0.39 is 11.9 Å². The quantitative estimate of drug-likeness (QED) is 0.855. The molecule has 10 heteroatoms. The molecule has 1 amide bonds. The van der Waals surface area contributed by atoms with Crippen LogP contribution < -0.4 is 0 Å². The summed E-state index contributed by atoms with van der Waals surface area (Å²) in [7, 11) is 1.66. The van der Waals surface area contributed by atoms with Gasteiger partial charge >= 0.3 is 6.18 Å². The molecule has 0 aliphatic carbocycles. The first-order valence-corrected chi connectivity index (χ1v) is 8.93. The van der Waals surface area contributed by atoms with Crippen molar-refractivity contribution in [3.05, 3.63) is 28.8 Å². The molecule has 1 fully saturated rings. The van der Waals surface area contributed by atoms with Crippen LogP contribution >= 0.6 is 11.3 Å². The van der Waals surface area contributed by atoms with E-state index >= 15 is 0 Å². The van der Waals surface area contributed by atoms with E-state index in [1.54, 1.807) is 24.1 Å². The topological polar surface area (TPSA) is 61.5 Å². The van der Waals surface area contributed by atoms with E-state index in [0.717, 1.165) is 37.0 Å². The van der Waals surface area contributed by atoms with Crippen molar-refractivity contribution >= 4 is 17.2 Å². The Morgan fingerprint density at radius 2 is 2.04 bits per heavy atom. The maximum absolute atomic E-state index is 12.7. The van der Waals surface area contributed by atoms with Crippen molar-refractivity contribution in [3.63, 3.8) is 0 Å². The largest absolute Gasteiger partial charge is 0.432 e. The number of nitrogens with zero attached hydrogens (tertiary/aromatic N) is 3. The second-order valence-electron chi connectivity index (χ2n) is 5.96. The molecule has 3 rings (SSSR count). The summed E-state index contributed by atoms with van der Waals surface area (Å²) in [6.07, 6.45) is -4.47. The molecule has 1 aliphatic rings. The van der Waals surface area contributed by atoms with Crippen molar-refractivity contribution in [2.45, 2.75) is 6.18 Å². The van der Waals surface area contributed by atoms with Crippen LogP contribution in [0, 0.1) is 0 Å². The number of piperazine rings is 1. The van der Waals surface area contributed by atoms with Gasteiger partial charge < -0.3 is 9.64 Å². The van der Waals surface area contributed by atoms with Crippen LogP contribution in [-0.2, 0) is 10.9 Å². The zero-order valence-electron chi connectivity index (χ0n) is 14.2. The van der Waals surface area contributed by atoms with Crippen LogP contribution in [0.1, 0.15) is 15.4 Å². The van der Waals surface area contributed by atoms with E-state index in [4.69, 9.17) is 4.74 Å². The summed E-state index contributed by atoms with van der Waals surface area (Å²) in [5, 5.41) is 5.69. The molecule has 0 spiro atoms. The van der Waals surface area contributed by atoms with Gasteiger partial charge in [-0.2, -0.15) is 18.3 Å². The first-order chi connectivity index (χ1) is 12.4. The Balaban J connectivity index is 1.63. The number of amides is 1. The van der Waals surface area contributed by atoms with Crippen molar-refractivity contribution in [1.29, 1.82) is 0 Å². The molecular formula is C16H19F3N4O2S. The number of halogens is 3. The lowest BCUT2D eigenvalue weighted by atomic mass is 10.2. The lowest BCUT2D eigenvalue weighted by molar-refractivity contribution is -0.141. The Morgan fingerprint density at radius 1 is 1.31 bits per heavy atom. The SMILES string of the molecule is COCCN1CCN(C(=O)c2ccc(-c3cc(C(F)(F)F)[nH]n3)s2)CC1. The molecule has 2 aromatic heterocycles. The number of rotatable bonds is 5.